The highest BCUT2D eigenvalue weighted by Crippen LogP contribution is 2.53. The van der Waals surface area contributed by atoms with Crippen LogP contribution < -0.4 is 0 Å². The summed E-state index contributed by atoms with van der Waals surface area (Å²) >= 11 is 24.8. The van der Waals surface area contributed by atoms with Gasteiger partial charge in [0.2, 0.25) is 0 Å². The summed E-state index contributed by atoms with van der Waals surface area (Å²) < 4.78 is 34.0. The maximum absolute atomic E-state index is 13.0. The van der Waals surface area contributed by atoms with Gasteiger partial charge in [-0.1, -0.05) is 64.6 Å². The predicted molar refractivity (Wildman–Crippen MR) is 114 cm³/mol. The van der Waals surface area contributed by atoms with E-state index in [-0.39, 0.29) is 36.8 Å². The van der Waals surface area contributed by atoms with Crippen molar-refractivity contribution >= 4 is 56.5 Å². The van der Waals surface area contributed by atoms with Crippen molar-refractivity contribution in [2.45, 2.75) is 4.75 Å². The van der Waals surface area contributed by atoms with Gasteiger partial charge in [0, 0.05) is 32.8 Å². The molecule has 29 heavy (non-hydrogen) atoms. The Morgan fingerprint density at radius 2 is 1.41 bits per heavy atom. The van der Waals surface area contributed by atoms with Crippen molar-refractivity contribution < 1.29 is 23.2 Å². The molecule has 3 N–H and O–H groups in total. The highest BCUT2D eigenvalue weighted by atomic mass is 35.5. The van der Waals surface area contributed by atoms with Crippen molar-refractivity contribution in [1.82, 2.24) is 0 Å². The lowest BCUT2D eigenvalue weighted by Crippen LogP contribution is -2.39. The normalized spacial score (nSPS) is 13.8. The molecule has 0 heterocycles. The van der Waals surface area contributed by atoms with E-state index in [1.807, 2.05) is 0 Å². The van der Waals surface area contributed by atoms with Crippen LogP contribution in [0.15, 0.2) is 54.6 Å². The summed E-state index contributed by atoms with van der Waals surface area (Å²) in [7, 11) is -5.16. The number of phenolic OH excluding ortho intramolecular Hbond substituents is 2. The molecule has 1 unspecified atom stereocenters. The highest BCUT2D eigenvalue weighted by molar-refractivity contribution is 7.87. The number of aromatic hydroxyl groups is 2. The summed E-state index contributed by atoms with van der Waals surface area (Å²) in [4.78, 5) is 0. The molecule has 0 aliphatic rings. The number of benzene rings is 3. The molecular formula is C19H12Cl4O5S. The number of rotatable bonds is 4. The Labute approximate surface area is 186 Å². The first-order valence-electron chi connectivity index (χ1n) is 7.89. The lowest BCUT2D eigenvalue weighted by atomic mass is 9.83. The van der Waals surface area contributed by atoms with Gasteiger partial charge in [-0.3, -0.25) is 4.55 Å². The van der Waals surface area contributed by atoms with Gasteiger partial charge in [-0.05, 0) is 30.3 Å². The zero-order valence-corrected chi connectivity index (χ0v) is 18.1. The lowest BCUT2D eigenvalue weighted by molar-refractivity contribution is 0.439. The summed E-state index contributed by atoms with van der Waals surface area (Å²) in [5.41, 5.74) is -0.785. The fourth-order valence-electron chi connectivity index (χ4n) is 3.22. The van der Waals surface area contributed by atoms with Gasteiger partial charge in [-0.25, -0.2) is 0 Å². The van der Waals surface area contributed by atoms with Crippen LogP contribution in [0.1, 0.15) is 16.7 Å². The molecule has 5 nitrogen and oxygen atoms in total. The van der Waals surface area contributed by atoms with Crippen LogP contribution in [0.4, 0.5) is 0 Å². The van der Waals surface area contributed by atoms with Gasteiger partial charge in [0.25, 0.3) is 10.1 Å². The van der Waals surface area contributed by atoms with Crippen LogP contribution in [-0.2, 0) is 14.9 Å². The molecule has 0 aromatic heterocycles. The van der Waals surface area contributed by atoms with Gasteiger partial charge < -0.3 is 10.2 Å². The van der Waals surface area contributed by atoms with Crippen LogP contribution in [0.2, 0.25) is 20.1 Å². The molecule has 0 fully saturated rings. The van der Waals surface area contributed by atoms with Gasteiger partial charge in [0.15, 0.2) is 4.75 Å². The first-order valence-corrected chi connectivity index (χ1v) is 10.8. The van der Waals surface area contributed by atoms with E-state index in [0.29, 0.717) is 0 Å². The van der Waals surface area contributed by atoms with E-state index in [1.165, 1.54) is 24.3 Å². The third-order valence-electron chi connectivity index (χ3n) is 4.37. The molecule has 0 radical (unpaired) electrons. The van der Waals surface area contributed by atoms with Crippen molar-refractivity contribution in [2.75, 3.05) is 0 Å². The van der Waals surface area contributed by atoms with Gasteiger partial charge in [-0.2, -0.15) is 8.42 Å². The Bertz CT molecular complexity index is 1210. The monoisotopic (exact) mass is 492 g/mol. The smallest absolute Gasteiger partial charge is 0.283 e. The molecule has 0 aliphatic heterocycles. The zero-order chi connectivity index (χ0) is 21.6. The SMILES string of the molecule is O=S(=O)(O)C(c1cc(Cl)ccc1O)(c1ccccc1Cl)c1cc(O)cc(Cl)c1Cl. The molecule has 3 aromatic rings. The molecule has 0 bridgehead atoms. The maximum Gasteiger partial charge on any atom is 0.283 e. The minimum Gasteiger partial charge on any atom is -0.508 e. The molecule has 0 amide bonds. The summed E-state index contributed by atoms with van der Waals surface area (Å²) in [6.45, 7) is 0. The lowest BCUT2D eigenvalue weighted by Gasteiger charge is -2.34. The maximum atomic E-state index is 13.0. The van der Waals surface area contributed by atoms with Crippen LogP contribution in [0, 0.1) is 0 Å². The fourth-order valence-corrected chi connectivity index (χ4v) is 5.58. The van der Waals surface area contributed by atoms with Crippen LogP contribution in [-0.4, -0.2) is 23.2 Å². The Kier molecular flexibility index (Phi) is 5.98. The first-order chi connectivity index (χ1) is 13.5. The van der Waals surface area contributed by atoms with Gasteiger partial charge in [0.1, 0.15) is 11.5 Å². The Hall–Kier alpha value is -1.67. The van der Waals surface area contributed by atoms with Crippen LogP contribution in [0.3, 0.4) is 0 Å². The minimum absolute atomic E-state index is 0.0555. The highest BCUT2D eigenvalue weighted by Gasteiger charge is 2.52. The summed E-state index contributed by atoms with van der Waals surface area (Å²) in [6.07, 6.45) is 0. The summed E-state index contributed by atoms with van der Waals surface area (Å²) in [6, 6.07) is 11.5. The predicted octanol–water partition coefficient (Wildman–Crippen LogP) is 5.89. The minimum atomic E-state index is -5.16. The van der Waals surface area contributed by atoms with Crippen molar-refractivity contribution in [3.05, 3.63) is 91.4 Å². The topological polar surface area (TPSA) is 94.8 Å². The molecule has 3 rings (SSSR count). The zero-order valence-electron chi connectivity index (χ0n) is 14.3. The van der Waals surface area contributed by atoms with E-state index in [1.54, 1.807) is 6.07 Å². The van der Waals surface area contributed by atoms with E-state index >= 15 is 0 Å². The van der Waals surface area contributed by atoms with Crippen LogP contribution in [0.25, 0.3) is 0 Å². The van der Waals surface area contributed by atoms with Crippen molar-refractivity contribution in [3.63, 3.8) is 0 Å². The summed E-state index contributed by atoms with van der Waals surface area (Å²) in [5, 5.41) is 20.2. The molecule has 1 atom stereocenters. The van der Waals surface area contributed by atoms with E-state index in [9.17, 15) is 23.2 Å². The molecule has 152 valence electrons. The molecule has 0 aliphatic carbocycles. The second-order valence-electron chi connectivity index (χ2n) is 6.09. The average Bonchev–Trinajstić information content (AvgIpc) is 2.62. The van der Waals surface area contributed by atoms with E-state index in [0.717, 1.165) is 24.3 Å². The van der Waals surface area contributed by atoms with Gasteiger partial charge >= 0.3 is 0 Å². The van der Waals surface area contributed by atoms with E-state index in [2.05, 4.69) is 0 Å². The summed E-state index contributed by atoms with van der Waals surface area (Å²) in [5.74, 6) is -0.932. The number of hydrogen-bond acceptors (Lipinski definition) is 4. The molecule has 10 heteroatoms. The molecule has 0 saturated carbocycles. The van der Waals surface area contributed by atoms with E-state index < -0.39 is 26.4 Å². The number of halogens is 4. The van der Waals surface area contributed by atoms with E-state index in [4.69, 9.17) is 46.4 Å². The average molecular weight is 494 g/mol. The van der Waals surface area contributed by atoms with Crippen molar-refractivity contribution in [2.24, 2.45) is 0 Å². The number of hydrogen-bond donors (Lipinski definition) is 3. The Balaban J connectivity index is 2.68. The van der Waals surface area contributed by atoms with Crippen LogP contribution in [0.5, 0.6) is 11.5 Å². The molecule has 0 spiro atoms. The van der Waals surface area contributed by atoms with Crippen LogP contribution >= 0.6 is 46.4 Å². The third kappa shape index (κ3) is 3.65. The second-order valence-corrected chi connectivity index (χ2v) is 9.28. The Morgan fingerprint density at radius 1 is 0.759 bits per heavy atom. The molecule has 3 aromatic carbocycles. The first kappa shape index (κ1) is 22.0. The standard InChI is InChI=1S/C19H12Cl4O5S/c20-10-5-6-17(25)13(7-10)19(29(26,27)28,12-3-1-2-4-15(12)21)14-8-11(24)9-16(22)18(14)23/h1-9,24-25H,(H,26,27,28). The second kappa shape index (κ2) is 7.87. The molecule has 0 saturated heterocycles. The fraction of sp³-hybridized carbons (Fsp3) is 0.0526. The molecular weight excluding hydrogens is 482 g/mol. The van der Waals surface area contributed by atoms with Crippen molar-refractivity contribution in [3.8, 4) is 11.5 Å². The quantitative estimate of drug-likeness (QED) is 0.311. The number of phenols is 2. The Morgan fingerprint density at radius 3 is 2.03 bits per heavy atom. The largest absolute Gasteiger partial charge is 0.508 e. The third-order valence-corrected chi connectivity index (χ3v) is 7.17. The van der Waals surface area contributed by atoms with Gasteiger partial charge in [-0.15, -0.1) is 0 Å². The van der Waals surface area contributed by atoms with Gasteiger partial charge in [0.05, 0.1) is 10.0 Å². The van der Waals surface area contributed by atoms with Crippen molar-refractivity contribution in [1.29, 1.82) is 0 Å².